The van der Waals surface area contributed by atoms with Crippen LogP contribution in [0.25, 0.3) is 0 Å². The first-order valence-corrected chi connectivity index (χ1v) is 8.30. The second-order valence-electron chi connectivity index (χ2n) is 4.20. The molecule has 0 atom stereocenters. The van der Waals surface area contributed by atoms with Crippen LogP contribution in [0.4, 0.5) is 11.4 Å². The van der Waals surface area contributed by atoms with Gasteiger partial charge in [-0.2, -0.15) is 0 Å². The van der Waals surface area contributed by atoms with Gasteiger partial charge >= 0.3 is 0 Å². The lowest BCUT2D eigenvalue weighted by molar-refractivity contribution is 0.601. The summed E-state index contributed by atoms with van der Waals surface area (Å²) in [5.74, 6) is 0. The zero-order valence-corrected chi connectivity index (χ0v) is 13.7. The number of hydrogen-bond acceptors (Lipinski definition) is 3. The molecule has 4 nitrogen and oxygen atoms in total. The molecule has 0 fully saturated rings. The fourth-order valence-electron chi connectivity index (χ4n) is 1.82. The van der Waals surface area contributed by atoms with Crippen molar-refractivity contribution in [1.82, 2.24) is 0 Å². The molecule has 0 aromatic heterocycles. The Morgan fingerprint density at radius 3 is 2.50 bits per heavy atom. The van der Waals surface area contributed by atoms with E-state index in [4.69, 9.17) is 17.3 Å². The van der Waals surface area contributed by atoms with E-state index in [9.17, 15) is 8.42 Å². The Hall–Kier alpha value is -1.24. The minimum atomic E-state index is -3.78. The van der Waals surface area contributed by atoms with Gasteiger partial charge in [-0.1, -0.05) is 29.8 Å². The minimum absolute atomic E-state index is 0.0758. The molecule has 2 aromatic rings. The summed E-state index contributed by atoms with van der Waals surface area (Å²) in [6.45, 7) is 1.69. The van der Waals surface area contributed by atoms with Gasteiger partial charge in [0.2, 0.25) is 0 Å². The monoisotopic (exact) mass is 374 g/mol. The van der Waals surface area contributed by atoms with Gasteiger partial charge in [0, 0.05) is 0 Å². The Labute approximate surface area is 131 Å². The molecular formula is C13H12BrClN2O2S. The van der Waals surface area contributed by atoms with Crippen molar-refractivity contribution in [3.05, 3.63) is 51.5 Å². The Bertz CT molecular complexity index is 743. The van der Waals surface area contributed by atoms with Crippen molar-refractivity contribution in [2.45, 2.75) is 11.8 Å². The van der Waals surface area contributed by atoms with Gasteiger partial charge in [0.05, 0.1) is 20.9 Å². The second-order valence-corrected chi connectivity index (χ2v) is 7.02. The molecule has 0 radical (unpaired) electrons. The highest BCUT2D eigenvalue weighted by atomic mass is 79.9. The van der Waals surface area contributed by atoms with Crippen molar-refractivity contribution in [1.29, 1.82) is 0 Å². The molecule has 0 spiro atoms. The molecule has 106 valence electrons. The molecule has 0 heterocycles. The topological polar surface area (TPSA) is 72.2 Å². The summed E-state index contributed by atoms with van der Waals surface area (Å²) < 4.78 is 27.9. The van der Waals surface area contributed by atoms with Crippen LogP contribution in [0.5, 0.6) is 0 Å². The minimum Gasteiger partial charge on any atom is -0.398 e. The van der Waals surface area contributed by atoms with Crippen molar-refractivity contribution in [3.8, 4) is 0 Å². The molecule has 0 saturated carbocycles. The van der Waals surface area contributed by atoms with Crippen LogP contribution in [0.15, 0.2) is 45.8 Å². The summed E-state index contributed by atoms with van der Waals surface area (Å²) in [5, 5.41) is 0.419. The summed E-state index contributed by atoms with van der Waals surface area (Å²) in [7, 11) is -3.78. The maximum atomic E-state index is 12.5. The van der Waals surface area contributed by atoms with Gasteiger partial charge < -0.3 is 5.73 Å². The third-order valence-electron chi connectivity index (χ3n) is 2.71. The number of rotatable bonds is 3. The first-order chi connectivity index (χ1) is 9.33. The molecule has 0 aliphatic rings. The molecule has 0 aliphatic heterocycles. The van der Waals surface area contributed by atoms with Crippen LogP contribution in [0.2, 0.25) is 5.02 Å². The average Bonchev–Trinajstić information content (AvgIpc) is 2.34. The average molecular weight is 376 g/mol. The molecule has 0 amide bonds. The lowest BCUT2D eigenvalue weighted by Gasteiger charge is -2.13. The smallest absolute Gasteiger partial charge is 0.264 e. The predicted octanol–water partition coefficient (Wildman–Crippen LogP) is 3.79. The number of aryl methyl sites for hydroxylation is 1. The summed E-state index contributed by atoms with van der Waals surface area (Å²) in [4.78, 5) is 0.0758. The molecule has 3 N–H and O–H groups in total. The number of nitrogens with two attached hydrogens (primary N) is 1. The lowest BCUT2D eigenvalue weighted by atomic mass is 10.2. The zero-order chi connectivity index (χ0) is 14.9. The van der Waals surface area contributed by atoms with E-state index in [0.29, 0.717) is 20.7 Å². The molecule has 20 heavy (non-hydrogen) atoms. The number of nitrogens with one attached hydrogen (secondary N) is 1. The Morgan fingerprint density at radius 2 is 1.85 bits per heavy atom. The summed E-state index contributed by atoms with van der Waals surface area (Å²) in [5.41, 5.74) is 6.92. The van der Waals surface area contributed by atoms with E-state index in [0.717, 1.165) is 0 Å². The number of nitrogen functional groups attached to an aromatic ring is 1. The fourth-order valence-corrected chi connectivity index (χ4v) is 3.92. The Morgan fingerprint density at radius 1 is 1.20 bits per heavy atom. The summed E-state index contributed by atoms with van der Waals surface area (Å²) in [6, 6.07) is 9.88. The van der Waals surface area contributed by atoms with E-state index in [-0.39, 0.29) is 10.6 Å². The van der Waals surface area contributed by atoms with E-state index in [1.807, 2.05) is 0 Å². The van der Waals surface area contributed by atoms with Gasteiger partial charge in [-0.15, -0.1) is 0 Å². The van der Waals surface area contributed by atoms with Crippen molar-refractivity contribution in [3.63, 3.8) is 0 Å². The third kappa shape index (κ3) is 2.92. The van der Waals surface area contributed by atoms with Crippen LogP contribution >= 0.6 is 27.5 Å². The molecule has 0 bridgehead atoms. The molecule has 0 unspecified atom stereocenters. The zero-order valence-electron chi connectivity index (χ0n) is 10.5. The van der Waals surface area contributed by atoms with Crippen molar-refractivity contribution < 1.29 is 8.42 Å². The largest absolute Gasteiger partial charge is 0.398 e. The van der Waals surface area contributed by atoms with Gasteiger partial charge in [0.15, 0.2) is 0 Å². The van der Waals surface area contributed by atoms with Crippen LogP contribution in [-0.4, -0.2) is 8.42 Å². The molecule has 7 heteroatoms. The van der Waals surface area contributed by atoms with Crippen molar-refractivity contribution in [2.24, 2.45) is 0 Å². The number of halogens is 2. The van der Waals surface area contributed by atoms with E-state index < -0.39 is 10.0 Å². The van der Waals surface area contributed by atoms with E-state index in [1.165, 1.54) is 0 Å². The van der Waals surface area contributed by atoms with Crippen LogP contribution in [0, 0.1) is 6.92 Å². The summed E-state index contributed by atoms with van der Waals surface area (Å²) >= 11 is 9.20. The molecule has 0 saturated heterocycles. The molecule has 2 aromatic carbocycles. The van der Waals surface area contributed by atoms with Crippen LogP contribution in [-0.2, 0) is 10.0 Å². The summed E-state index contributed by atoms with van der Waals surface area (Å²) in [6.07, 6.45) is 0. The highest BCUT2D eigenvalue weighted by Crippen LogP contribution is 2.32. The van der Waals surface area contributed by atoms with Crippen LogP contribution < -0.4 is 10.5 Å². The number of anilines is 2. The van der Waals surface area contributed by atoms with Gasteiger partial charge in [-0.25, -0.2) is 8.42 Å². The van der Waals surface area contributed by atoms with Gasteiger partial charge in [-0.3, -0.25) is 4.72 Å². The third-order valence-corrected chi connectivity index (χ3v) is 5.69. The van der Waals surface area contributed by atoms with E-state index >= 15 is 0 Å². The maximum Gasteiger partial charge on any atom is 0.264 e. The Balaban J connectivity index is 2.50. The van der Waals surface area contributed by atoms with E-state index in [1.54, 1.807) is 43.3 Å². The first-order valence-electron chi connectivity index (χ1n) is 5.65. The first kappa shape index (κ1) is 15.2. The van der Waals surface area contributed by atoms with Gasteiger partial charge in [0.1, 0.15) is 4.90 Å². The fraction of sp³-hybridized carbons (Fsp3) is 0.0769. The standard InChI is InChI=1S/C13H12BrClN2O2S/c1-8-4-2-6-10(16)13(8)20(18,19)17-11-7-3-5-9(15)12(11)14/h2-7,17H,16H2,1H3. The van der Waals surface area contributed by atoms with E-state index in [2.05, 4.69) is 20.7 Å². The highest BCUT2D eigenvalue weighted by Gasteiger charge is 2.21. The maximum absolute atomic E-state index is 12.5. The normalized spacial score (nSPS) is 11.3. The van der Waals surface area contributed by atoms with Crippen LogP contribution in [0.3, 0.4) is 0 Å². The number of sulfonamides is 1. The quantitative estimate of drug-likeness (QED) is 0.802. The molecular weight excluding hydrogens is 364 g/mol. The molecule has 2 rings (SSSR count). The Kier molecular flexibility index (Phi) is 4.27. The van der Waals surface area contributed by atoms with Crippen LogP contribution in [0.1, 0.15) is 5.56 Å². The second kappa shape index (κ2) is 5.63. The SMILES string of the molecule is Cc1cccc(N)c1S(=O)(=O)Nc1cccc(Cl)c1Br. The number of benzene rings is 2. The van der Waals surface area contributed by atoms with Crippen molar-refractivity contribution in [2.75, 3.05) is 10.5 Å². The molecule has 0 aliphatic carbocycles. The van der Waals surface area contributed by atoms with Gasteiger partial charge in [0.25, 0.3) is 10.0 Å². The highest BCUT2D eigenvalue weighted by molar-refractivity contribution is 9.10. The number of hydrogen-bond donors (Lipinski definition) is 2. The predicted molar refractivity (Wildman–Crippen MR) is 85.6 cm³/mol. The van der Waals surface area contributed by atoms with Gasteiger partial charge in [-0.05, 0) is 46.6 Å². The van der Waals surface area contributed by atoms with Crippen molar-refractivity contribution >= 4 is 48.9 Å². The lowest BCUT2D eigenvalue weighted by Crippen LogP contribution is -2.16.